The third-order valence-corrected chi connectivity index (χ3v) is 3.74. The molecule has 0 saturated heterocycles. The number of carbonyl (C=O) groups excluding carboxylic acids is 1. The largest absolute Gasteiger partial charge is 0.296 e. The van der Waals surface area contributed by atoms with E-state index in [2.05, 4.69) is 29.1 Å². The molecule has 0 radical (unpaired) electrons. The highest BCUT2D eigenvalue weighted by molar-refractivity contribution is 7.14. The summed E-state index contributed by atoms with van der Waals surface area (Å²) in [7, 11) is 0. The maximum Gasteiger partial charge on any atom is 0.276 e. The van der Waals surface area contributed by atoms with E-state index in [0.717, 1.165) is 10.7 Å². The number of thiazole rings is 2. The fourth-order valence-electron chi connectivity index (χ4n) is 1.24. The van der Waals surface area contributed by atoms with Crippen LogP contribution >= 0.6 is 22.7 Å². The molecule has 2 heterocycles. The summed E-state index contributed by atoms with van der Waals surface area (Å²) < 4.78 is 0. The molecule has 0 fully saturated rings. The minimum Gasteiger partial charge on any atom is -0.296 e. The zero-order chi connectivity index (χ0) is 12.4. The third kappa shape index (κ3) is 2.89. The summed E-state index contributed by atoms with van der Waals surface area (Å²) >= 11 is 2.90. The fraction of sp³-hybridized carbons (Fsp3) is 0.364. The van der Waals surface area contributed by atoms with Crippen molar-refractivity contribution in [1.82, 2.24) is 9.97 Å². The summed E-state index contributed by atoms with van der Waals surface area (Å²) in [6.07, 6.45) is 0. The molecule has 0 aliphatic carbocycles. The van der Waals surface area contributed by atoms with Crippen LogP contribution in [0.25, 0.3) is 0 Å². The smallest absolute Gasteiger partial charge is 0.276 e. The summed E-state index contributed by atoms with van der Waals surface area (Å²) in [5.74, 6) is 0.178. The van der Waals surface area contributed by atoms with E-state index in [0.29, 0.717) is 16.7 Å². The first-order chi connectivity index (χ1) is 8.06. The number of nitrogens with zero attached hydrogens (tertiary/aromatic N) is 2. The number of nitrogens with one attached hydrogen (secondary N) is 1. The number of aromatic nitrogens is 2. The zero-order valence-corrected chi connectivity index (χ0v) is 11.5. The molecule has 1 amide bonds. The lowest BCUT2D eigenvalue weighted by Crippen LogP contribution is -2.12. The van der Waals surface area contributed by atoms with Gasteiger partial charge in [-0.25, -0.2) is 9.97 Å². The number of hydrogen-bond donors (Lipinski definition) is 1. The number of carbonyl (C=O) groups is 1. The maximum atomic E-state index is 11.8. The Morgan fingerprint density at radius 2 is 2.06 bits per heavy atom. The lowest BCUT2D eigenvalue weighted by Gasteiger charge is -1.99. The van der Waals surface area contributed by atoms with Gasteiger partial charge in [0.15, 0.2) is 5.13 Å². The SMILES string of the molecule is Cc1nc(C(=O)Nc2nc(C(C)C)cs2)cs1. The molecule has 1 N–H and O–H groups in total. The van der Waals surface area contributed by atoms with Crippen LogP contribution in [0.15, 0.2) is 10.8 Å². The van der Waals surface area contributed by atoms with E-state index in [1.807, 2.05) is 12.3 Å². The lowest BCUT2D eigenvalue weighted by atomic mass is 10.2. The van der Waals surface area contributed by atoms with Gasteiger partial charge in [0.2, 0.25) is 0 Å². The number of rotatable bonds is 3. The molecule has 0 aliphatic rings. The van der Waals surface area contributed by atoms with E-state index in [1.165, 1.54) is 22.7 Å². The molecule has 4 nitrogen and oxygen atoms in total. The normalized spacial score (nSPS) is 10.8. The molecule has 90 valence electrons. The van der Waals surface area contributed by atoms with Crippen LogP contribution in [0.2, 0.25) is 0 Å². The highest BCUT2D eigenvalue weighted by atomic mass is 32.1. The van der Waals surface area contributed by atoms with Crippen molar-refractivity contribution in [2.75, 3.05) is 5.32 Å². The zero-order valence-electron chi connectivity index (χ0n) is 9.85. The van der Waals surface area contributed by atoms with Crippen LogP contribution in [0.1, 0.15) is 41.0 Å². The Morgan fingerprint density at radius 3 is 2.59 bits per heavy atom. The molecule has 6 heteroatoms. The standard InChI is InChI=1S/C11H13N3OS2/c1-6(2)8-4-17-11(13-8)14-10(15)9-5-16-7(3)12-9/h4-6H,1-3H3,(H,13,14,15). The lowest BCUT2D eigenvalue weighted by molar-refractivity contribution is 0.102. The highest BCUT2D eigenvalue weighted by Gasteiger charge is 2.12. The predicted octanol–water partition coefficient (Wildman–Crippen LogP) is 3.28. The topological polar surface area (TPSA) is 54.9 Å². The Labute approximate surface area is 108 Å². The Bertz CT molecular complexity index is 530. The van der Waals surface area contributed by atoms with Gasteiger partial charge in [0.25, 0.3) is 5.91 Å². The van der Waals surface area contributed by atoms with Gasteiger partial charge >= 0.3 is 0 Å². The monoisotopic (exact) mass is 267 g/mol. The Balaban J connectivity index is 2.07. The quantitative estimate of drug-likeness (QED) is 0.928. The third-order valence-electron chi connectivity index (χ3n) is 2.19. The molecule has 2 aromatic rings. The predicted molar refractivity (Wildman–Crippen MR) is 71.0 cm³/mol. The molecular formula is C11H13N3OS2. The van der Waals surface area contributed by atoms with E-state index in [4.69, 9.17) is 0 Å². The average molecular weight is 267 g/mol. The first-order valence-electron chi connectivity index (χ1n) is 5.25. The van der Waals surface area contributed by atoms with Crippen LogP contribution in [0.5, 0.6) is 0 Å². The molecule has 2 aromatic heterocycles. The van der Waals surface area contributed by atoms with Crippen LogP contribution in [0, 0.1) is 6.92 Å². The van der Waals surface area contributed by atoms with Crippen molar-refractivity contribution >= 4 is 33.7 Å². The summed E-state index contributed by atoms with van der Waals surface area (Å²) in [6, 6.07) is 0. The molecule has 0 bridgehead atoms. The first-order valence-corrected chi connectivity index (χ1v) is 7.01. The molecule has 0 spiro atoms. The summed E-state index contributed by atoms with van der Waals surface area (Å²) in [4.78, 5) is 20.3. The van der Waals surface area contributed by atoms with Gasteiger partial charge in [-0.05, 0) is 12.8 Å². The van der Waals surface area contributed by atoms with Crippen molar-refractivity contribution in [1.29, 1.82) is 0 Å². The molecule has 0 atom stereocenters. The second kappa shape index (κ2) is 4.93. The first kappa shape index (κ1) is 12.2. The van der Waals surface area contributed by atoms with Gasteiger partial charge in [-0.15, -0.1) is 22.7 Å². The summed E-state index contributed by atoms with van der Waals surface area (Å²) in [6.45, 7) is 6.02. The van der Waals surface area contributed by atoms with Crippen LogP contribution in [-0.4, -0.2) is 15.9 Å². The summed E-state index contributed by atoms with van der Waals surface area (Å²) in [5.41, 5.74) is 1.45. The summed E-state index contributed by atoms with van der Waals surface area (Å²) in [5, 5.41) is 7.99. The number of hydrogen-bond acceptors (Lipinski definition) is 5. The number of amides is 1. The van der Waals surface area contributed by atoms with E-state index in [-0.39, 0.29) is 5.91 Å². The molecular weight excluding hydrogens is 254 g/mol. The van der Waals surface area contributed by atoms with Crippen LogP contribution in [-0.2, 0) is 0 Å². The Morgan fingerprint density at radius 1 is 1.29 bits per heavy atom. The minimum atomic E-state index is -0.195. The van der Waals surface area contributed by atoms with Crippen LogP contribution in [0.3, 0.4) is 0 Å². The number of aryl methyl sites for hydroxylation is 1. The van der Waals surface area contributed by atoms with Crippen molar-refractivity contribution < 1.29 is 4.79 Å². The van der Waals surface area contributed by atoms with E-state index < -0.39 is 0 Å². The fourth-order valence-corrected chi connectivity index (χ4v) is 2.70. The van der Waals surface area contributed by atoms with Gasteiger partial charge in [0, 0.05) is 10.8 Å². The molecule has 0 saturated carbocycles. The Kier molecular flexibility index (Phi) is 3.54. The Hall–Kier alpha value is -1.27. The molecule has 0 aliphatic heterocycles. The van der Waals surface area contributed by atoms with Gasteiger partial charge in [0.05, 0.1) is 10.7 Å². The minimum absolute atomic E-state index is 0.195. The van der Waals surface area contributed by atoms with E-state index in [9.17, 15) is 4.79 Å². The van der Waals surface area contributed by atoms with Crippen molar-refractivity contribution in [2.24, 2.45) is 0 Å². The van der Waals surface area contributed by atoms with Gasteiger partial charge in [-0.2, -0.15) is 0 Å². The molecule has 0 unspecified atom stereocenters. The van der Waals surface area contributed by atoms with Gasteiger partial charge in [-0.1, -0.05) is 13.8 Å². The van der Waals surface area contributed by atoms with Gasteiger partial charge < -0.3 is 0 Å². The highest BCUT2D eigenvalue weighted by Crippen LogP contribution is 2.22. The van der Waals surface area contributed by atoms with Crippen LogP contribution < -0.4 is 5.32 Å². The van der Waals surface area contributed by atoms with Crippen molar-refractivity contribution in [2.45, 2.75) is 26.7 Å². The van der Waals surface area contributed by atoms with E-state index >= 15 is 0 Å². The van der Waals surface area contributed by atoms with Crippen molar-refractivity contribution in [3.05, 3.63) is 27.2 Å². The van der Waals surface area contributed by atoms with Crippen molar-refractivity contribution in [3.8, 4) is 0 Å². The second-order valence-corrected chi connectivity index (χ2v) is 5.86. The second-order valence-electron chi connectivity index (χ2n) is 3.94. The van der Waals surface area contributed by atoms with Crippen molar-refractivity contribution in [3.63, 3.8) is 0 Å². The molecule has 0 aromatic carbocycles. The average Bonchev–Trinajstić information content (AvgIpc) is 2.86. The van der Waals surface area contributed by atoms with Crippen LogP contribution in [0.4, 0.5) is 5.13 Å². The van der Waals surface area contributed by atoms with E-state index in [1.54, 1.807) is 5.38 Å². The molecule has 2 rings (SSSR count). The van der Waals surface area contributed by atoms with Gasteiger partial charge in [0.1, 0.15) is 5.69 Å². The maximum absolute atomic E-state index is 11.8. The number of anilines is 1. The molecule has 17 heavy (non-hydrogen) atoms. The van der Waals surface area contributed by atoms with Gasteiger partial charge in [-0.3, -0.25) is 10.1 Å².